The van der Waals surface area contributed by atoms with Crippen LogP contribution >= 0.6 is 0 Å². The number of nitrogens with zero attached hydrogens (tertiary/aromatic N) is 3. The first-order valence-corrected chi connectivity index (χ1v) is 3.76. The summed E-state index contributed by atoms with van der Waals surface area (Å²) in [5.74, 6) is 1.43. The van der Waals surface area contributed by atoms with Gasteiger partial charge in [-0.25, -0.2) is 9.97 Å². The third-order valence-corrected chi connectivity index (χ3v) is 1.99. The van der Waals surface area contributed by atoms with Gasteiger partial charge in [0.25, 0.3) is 0 Å². The average Bonchev–Trinajstić information content (AvgIpc) is 2.48. The average molecular weight is 162 g/mol. The quantitative estimate of drug-likeness (QED) is 0.627. The lowest BCUT2D eigenvalue weighted by atomic mass is 10.3. The lowest BCUT2D eigenvalue weighted by Crippen LogP contribution is -2.02. The Labute approximate surface area is 70.1 Å². The molecule has 0 unspecified atom stereocenters. The van der Waals surface area contributed by atoms with Crippen molar-refractivity contribution in [1.29, 1.82) is 0 Å². The second-order valence-electron chi connectivity index (χ2n) is 2.79. The molecule has 0 fully saturated rings. The minimum absolute atomic E-state index is 0.561. The summed E-state index contributed by atoms with van der Waals surface area (Å²) in [7, 11) is 0. The standard InChI is InChI=1S/C8H10N4/c1-5-7(9)11-6(2)12-4-3-10-8(5)12/h3-4H,9H2,1-2H3. The van der Waals surface area contributed by atoms with Gasteiger partial charge in [0.05, 0.1) is 0 Å². The summed E-state index contributed by atoms with van der Waals surface area (Å²) < 4.78 is 1.92. The van der Waals surface area contributed by atoms with Crippen LogP contribution in [0.25, 0.3) is 5.65 Å². The van der Waals surface area contributed by atoms with Crippen molar-refractivity contribution < 1.29 is 0 Å². The third-order valence-electron chi connectivity index (χ3n) is 1.99. The molecule has 0 amide bonds. The highest BCUT2D eigenvalue weighted by Crippen LogP contribution is 2.14. The van der Waals surface area contributed by atoms with E-state index in [4.69, 9.17) is 5.73 Å². The lowest BCUT2D eigenvalue weighted by Gasteiger charge is -2.04. The molecule has 0 bridgehead atoms. The fourth-order valence-electron chi connectivity index (χ4n) is 1.27. The minimum Gasteiger partial charge on any atom is -0.383 e. The molecule has 0 aliphatic rings. The zero-order valence-corrected chi connectivity index (χ0v) is 7.07. The molecular formula is C8H10N4. The van der Waals surface area contributed by atoms with Crippen LogP contribution in [-0.2, 0) is 0 Å². The molecular weight excluding hydrogens is 152 g/mol. The molecule has 2 aromatic heterocycles. The van der Waals surface area contributed by atoms with Crippen LogP contribution in [0.1, 0.15) is 11.4 Å². The van der Waals surface area contributed by atoms with Crippen LogP contribution in [0.15, 0.2) is 12.4 Å². The maximum Gasteiger partial charge on any atom is 0.144 e. The van der Waals surface area contributed by atoms with Crippen LogP contribution in [0, 0.1) is 13.8 Å². The molecule has 4 heteroatoms. The van der Waals surface area contributed by atoms with Crippen LogP contribution in [0.5, 0.6) is 0 Å². The maximum absolute atomic E-state index is 5.68. The SMILES string of the molecule is Cc1c(N)nc(C)n2ccnc12. The Morgan fingerprint density at radius 1 is 1.42 bits per heavy atom. The smallest absolute Gasteiger partial charge is 0.144 e. The Hall–Kier alpha value is -1.58. The Morgan fingerprint density at radius 3 is 2.92 bits per heavy atom. The van der Waals surface area contributed by atoms with E-state index < -0.39 is 0 Å². The molecule has 2 aromatic rings. The lowest BCUT2D eigenvalue weighted by molar-refractivity contribution is 0.982. The molecule has 2 heterocycles. The molecule has 0 saturated carbocycles. The Morgan fingerprint density at radius 2 is 2.17 bits per heavy atom. The van der Waals surface area contributed by atoms with Gasteiger partial charge in [-0.3, -0.25) is 4.40 Å². The van der Waals surface area contributed by atoms with Crippen molar-refractivity contribution in [3.05, 3.63) is 23.8 Å². The van der Waals surface area contributed by atoms with E-state index in [-0.39, 0.29) is 0 Å². The summed E-state index contributed by atoms with van der Waals surface area (Å²) in [6, 6.07) is 0. The van der Waals surface area contributed by atoms with Gasteiger partial charge in [0.15, 0.2) is 0 Å². The maximum atomic E-state index is 5.68. The van der Waals surface area contributed by atoms with E-state index in [0.717, 1.165) is 17.0 Å². The molecule has 0 saturated heterocycles. The molecule has 4 nitrogen and oxygen atoms in total. The van der Waals surface area contributed by atoms with Crippen LogP contribution < -0.4 is 5.73 Å². The van der Waals surface area contributed by atoms with Crippen LogP contribution in [0.2, 0.25) is 0 Å². The monoisotopic (exact) mass is 162 g/mol. The number of fused-ring (bicyclic) bond motifs is 1. The van der Waals surface area contributed by atoms with E-state index in [1.807, 2.05) is 24.4 Å². The predicted octanol–water partition coefficient (Wildman–Crippen LogP) is 0.928. The number of anilines is 1. The number of nitrogen functional groups attached to an aromatic ring is 1. The first-order valence-electron chi connectivity index (χ1n) is 3.76. The zero-order valence-electron chi connectivity index (χ0n) is 7.07. The fourth-order valence-corrected chi connectivity index (χ4v) is 1.27. The summed E-state index contributed by atoms with van der Waals surface area (Å²) in [4.78, 5) is 8.36. The van der Waals surface area contributed by atoms with Crippen LogP contribution in [-0.4, -0.2) is 14.4 Å². The molecule has 0 aromatic carbocycles. The predicted molar refractivity (Wildman–Crippen MR) is 46.9 cm³/mol. The van der Waals surface area contributed by atoms with Crippen molar-refractivity contribution in [2.45, 2.75) is 13.8 Å². The number of aromatic nitrogens is 3. The number of imidazole rings is 1. The summed E-state index contributed by atoms with van der Waals surface area (Å²) in [5.41, 5.74) is 7.51. The first kappa shape index (κ1) is 7.09. The third kappa shape index (κ3) is 0.777. The molecule has 62 valence electrons. The second kappa shape index (κ2) is 2.20. The van der Waals surface area contributed by atoms with E-state index in [0.29, 0.717) is 5.82 Å². The normalized spacial score (nSPS) is 10.8. The molecule has 2 rings (SSSR count). The van der Waals surface area contributed by atoms with E-state index in [9.17, 15) is 0 Å². The van der Waals surface area contributed by atoms with Gasteiger partial charge < -0.3 is 5.73 Å². The van der Waals surface area contributed by atoms with E-state index in [1.165, 1.54) is 0 Å². The first-order chi connectivity index (χ1) is 5.70. The molecule has 0 aliphatic carbocycles. The summed E-state index contributed by atoms with van der Waals surface area (Å²) in [6.07, 6.45) is 3.63. The largest absolute Gasteiger partial charge is 0.383 e. The number of nitrogens with two attached hydrogens (primary N) is 1. The number of hydrogen-bond acceptors (Lipinski definition) is 3. The minimum atomic E-state index is 0.561. The zero-order chi connectivity index (χ0) is 8.72. The summed E-state index contributed by atoms with van der Waals surface area (Å²) in [6.45, 7) is 3.83. The van der Waals surface area contributed by atoms with Crippen molar-refractivity contribution in [3.8, 4) is 0 Å². The van der Waals surface area contributed by atoms with Crippen molar-refractivity contribution in [3.63, 3.8) is 0 Å². The van der Waals surface area contributed by atoms with Crippen LogP contribution in [0.3, 0.4) is 0 Å². The topological polar surface area (TPSA) is 56.2 Å². The van der Waals surface area contributed by atoms with Crippen LogP contribution in [0.4, 0.5) is 5.82 Å². The molecule has 2 N–H and O–H groups in total. The van der Waals surface area contributed by atoms with E-state index >= 15 is 0 Å². The second-order valence-corrected chi connectivity index (χ2v) is 2.79. The van der Waals surface area contributed by atoms with Gasteiger partial charge in [-0.2, -0.15) is 0 Å². The van der Waals surface area contributed by atoms with Gasteiger partial charge in [-0.1, -0.05) is 0 Å². The molecule has 0 spiro atoms. The Kier molecular flexibility index (Phi) is 1.30. The number of aryl methyl sites for hydroxylation is 2. The highest BCUT2D eigenvalue weighted by molar-refractivity contribution is 5.57. The number of hydrogen-bond donors (Lipinski definition) is 1. The Bertz CT molecular complexity index is 430. The molecule has 0 radical (unpaired) electrons. The van der Waals surface area contributed by atoms with Crippen molar-refractivity contribution in [2.75, 3.05) is 5.73 Å². The van der Waals surface area contributed by atoms with Gasteiger partial charge >= 0.3 is 0 Å². The summed E-state index contributed by atoms with van der Waals surface area (Å²) >= 11 is 0. The molecule has 0 atom stereocenters. The number of rotatable bonds is 0. The van der Waals surface area contributed by atoms with Gasteiger partial charge in [0.1, 0.15) is 17.3 Å². The summed E-state index contributed by atoms with van der Waals surface area (Å²) in [5, 5.41) is 0. The van der Waals surface area contributed by atoms with Gasteiger partial charge in [-0.05, 0) is 13.8 Å². The molecule has 0 aliphatic heterocycles. The van der Waals surface area contributed by atoms with E-state index in [2.05, 4.69) is 9.97 Å². The van der Waals surface area contributed by atoms with Crippen molar-refractivity contribution >= 4 is 11.5 Å². The van der Waals surface area contributed by atoms with E-state index in [1.54, 1.807) is 6.20 Å². The molecule has 12 heavy (non-hydrogen) atoms. The van der Waals surface area contributed by atoms with Gasteiger partial charge in [-0.15, -0.1) is 0 Å². The van der Waals surface area contributed by atoms with Crippen molar-refractivity contribution in [1.82, 2.24) is 14.4 Å². The highest BCUT2D eigenvalue weighted by Gasteiger charge is 2.05. The Balaban J connectivity index is 2.97. The van der Waals surface area contributed by atoms with Crippen molar-refractivity contribution in [2.24, 2.45) is 0 Å². The van der Waals surface area contributed by atoms with Gasteiger partial charge in [0.2, 0.25) is 0 Å². The van der Waals surface area contributed by atoms with Gasteiger partial charge in [0, 0.05) is 18.0 Å². The fraction of sp³-hybridized carbons (Fsp3) is 0.250. The highest BCUT2D eigenvalue weighted by atomic mass is 15.1.